The summed E-state index contributed by atoms with van der Waals surface area (Å²) in [6.07, 6.45) is -1.02. The van der Waals surface area contributed by atoms with Crippen LogP contribution >= 0.6 is 12.6 Å². The lowest BCUT2D eigenvalue weighted by atomic mass is 10.0. The molecule has 3 rings (SSSR count). The van der Waals surface area contributed by atoms with Crippen molar-refractivity contribution in [2.75, 3.05) is 25.4 Å². The summed E-state index contributed by atoms with van der Waals surface area (Å²) in [7, 11) is 0. The molecular formula is C43H61N13O12S. The normalized spacial score (nSPS) is 15.6. The summed E-state index contributed by atoms with van der Waals surface area (Å²) >= 11 is 4.22. The number of aromatic hydroxyl groups is 1. The number of nitrogens with zero attached hydrogens (tertiary/aromatic N) is 2. The number of hydrogen-bond donors (Lipinski definition) is 14. The van der Waals surface area contributed by atoms with E-state index >= 15 is 0 Å². The van der Waals surface area contributed by atoms with Crippen LogP contribution in [-0.4, -0.2) is 148 Å². The van der Waals surface area contributed by atoms with Gasteiger partial charge in [0.1, 0.15) is 48.5 Å². The molecule has 9 amide bonds. The lowest BCUT2D eigenvalue weighted by Crippen LogP contribution is -2.60. The van der Waals surface area contributed by atoms with Crippen LogP contribution in [-0.2, 0) is 60.8 Å². The Balaban J connectivity index is 1.79. The highest BCUT2D eigenvalue weighted by molar-refractivity contribution is 7.80. The standard InChI is InChI=1S/C43H61N13O12S/c44-26(18-24-10-12-25(57)13-11-24)36(62)53-29(19-23-6-2-1-3-7-23)39(65)51-28(14-15-33(45)58)38(64)54-30(20-34(46)59)40(66)55-31(22-69)42(68)56-17-5-9-32(56)41(67)52-27(8-4-16-49-43(47)48)37(63)50-21-35(60)61/h1-3,6-7,10-13,26-32,57,69H,4-5,8-9,14-22,44H2,(H2,45,58)(H2,46,59)(H,50,63)(H,51,65)(H,52,67)(H,53,62)(H,54,64)(H,55,66)(H,60,61)(H4,47,48,49)/t26-,27+,28-,29-,30-,31-,32-/m0/s1. The Morgan fingerprint density at radius 3 is 1.88 bits per heavy atom. The van der Waals surface area contributed by atoms with Crippen molar-refractivity contribution in [2.24, 2.45) is 33.7 Å². The molecule has 1 aliphatic heterocycles. The maximum absolute atomic E-state index is 14.0. The molecule has 0 aliphatic carbocycles. The van der Waals surface area contributed by atoms with Crippen LogP contribution in [0.25, 0.3) is 0 Å². The quantitative estimate of drug-likeness (QED) is 0.0165. The lowest BCUT2D eigenvalue weighted by molar-refractivity contribution is -0.142. The number of phenols is 1. The average Bonchev–Trinajstić information content (AvgIpc) is 3.80. The van der Waals surface area contributed by atoms with E-state index in [2.05, 4.69) is 49.5 Å². The minimum Gasteiger partial charge on any atom is -0.508 e. The molecule has 18 N–H and O–H groups in total. The highest BCUT2D eigenvalue weighted by Crippen LogP contribution is 2.20. The molecule has 1 aliphatic rings. The van der Waals surface area contributed by atoms with Gasteiger partial charge in [-0.15, -0.1) is 0 Å². The van der Waals surface area contributed by atoms with Crippen LogP contribution in [0.5, 0.6) is 5.75 Å². The Labute approximate surface area is 402 Å². The van der Waals surface area contributed by atoms with Crippen molar-refractivity contribution in [1.82, 2.24) is 36.8 Å². The van der Waals surface area contributed by atoms with Crippen LogP contribution in [0.15, 0.2) is 59.6 Å². The number of carboxylic acids is 1. The topological polar surface area (TPSA) is 429 Å². The second-order valence-corrected chi connectivity index (χ2v) is 16.4. The van der Waals surface area contributed by atoms with E-state index in [4.69, 9.17) is 33.8 Å². The zero-order valence-corrected chi connectivity index (χ0v) is 38.5. The number of carbonyl (C=O) groups excluding carboxylic acids is 9. The van der Waals surface area contributed by atoms with Crippen molar-refractivity contribution in [2.45, 2.75) is 100 Å². The summed E-state index contributed by atoms with van der Waals surface area (Å²) in [5.74, 6) is -9.95. The first kappa shape index (κ1) is 55.8. The molecule has 2 aromatic carbocycles. The predicted octanol–water partition coefficient (Wildman–Crippen LogP) is -4.76. The number of guanidine groups is 1. The Morgan fingerprint density at radius 2 is 1.28 bits per heavy atom. The molecule has 0 spiro atoms. The van der Waals surface area contributed by atoms with Gasteiger partial charge in [0.25, 0.3) is 0 Å². The molecule has 26 heteroatoms. The number of aliphatic carboxylic acids is 1. The molecule has 1 heterocycles. The van der Waals surface area contributed by atoms with Crippen molar-refractivity contribution in [1.29, 1.82) is 0 Å². The second-order valence-electron chi connectivity index (χ2n) is 16.1. The van der Waals surface area contributed by atoms with Gasteiger partial charge in [0.2, 0.25) is 53.2 Å². The first-order valence-corrected chi connectivity index (χ1v) is 22.4. The second kappa shape index (κ2) is 28.0. The molecule has 7 atom stereocenters. The van der Waals surface area contributed by atoms with Crippen LogP contribution in [0.3, 0.4) is 0 Å². The molecule has 0 unspecified atom stereocenters. The Bertz CT molecular complexity index is 2180. The molecule has 0 aromatic heterocycles. The molecule has 0 bridgehead atoms. The average molecular weight is 984 g/mol. The fraction of sp³-hybridized carbons (Fsp3) is 0.465. The van der Waals surface area contributed by atoms with Crippen LogP contribution < -0.4 is 60.6 Å². The summed E-state index contributed by atoms with van der Waals surface area (Å²) in [6.45, 7) is -0.602. The number of nitrogens with one attached hydrogen (secondary N) is 6. The molecule has 0 saturated carbocycles. The number of aliphatic imine (C=N–C) groups is 1. The number of amides is 9. The SMILES string of the molecule is NC(=O)CC[C@H](NC(=O)[C@H](Cc1ccccc1)NC(=O)[C@@H](N)Cc1ccc(O)cc1)C(=O)N[C@@H](CC(N)=O)C(=O)N[C@@H](CS)C(=O)N1CCC[C@H]1C(=O)N[C@H](CCCN=C(N)N)C(=O)NCC(=O)O. The minimum absolute atomic E-state index is 0.00661. The van der Waals surface area contributed by atoms with E-state index in [0.717, 1.165) is 4.90 Å². The van der Waals surface area contributed by atoms with E-state index in [0.29, 0.717) is 17.5 Å². The van der Waals surface area contributed by atoms with Gasteiger partial charge in [0.05, 0.1) is 12.5 Å². The van der Waals surface area contributed by atoms with Crippen molar-refractivity contribution >= 4 is 77.7 Å². The lowest BCUT2D eigenvalue weighted by Gasteiger charge is -2.30. The monoisotopic (exact) mass is 983 g/mol. The largest absolute Gasteiger partial charge is 0.508 e. The van der Waals surface area contributed by atoms with E-state index < -0.39 is 127 Å². The van der Waals surface area contributed by atoms with E-state index in [1.807, 2.05) is 0 Å². The number of phenolic OH excluding ortho intramolecular Hbond substituents is 1. The van der Waals surface area contributed by atoms with E-state index in [9.17, 15) is 53.1 Å². The van der Waals surface area contributed by atoms with Crippen molar-refractivity contribution in [3.63, 3.8) is 0 Å². The zero-order valence-electron chi connectivity index (χ0n) is 37.6. The summed E-state index contributed by atoms with van der Waals surface area (Å²) in [6, 6.07) is 4.82. The van der Waals surface area contributed by atoms with Gasteiger partial charge >= 0.3 is 5.97 Å². The van der Waals surface area contributed by atoms with Gasteiger partial charge in [-0.05, 0) is 61.8 Å². The van der Waals surface area contributed by atoms with Gasteiger partial charge in [-0.1, -0.05) is 42.5 Å². The van der Waals surface area contributed by atoms with Crippen LogP contribution in [0.2, 0.25) is 0 Å². The summed E-state index contributed by atoms with van der Waals surface area (Å²) in [4.78, 5) is 136. The van der Waals surface area contributed by atoms with Crippen molar-refractivity contribution in [3.8, 4) is 5.75 Å². The van der Waals surface area contributed by atoms with E-state index in [-0.39, 0.29) is 62.7 Å². The third kappa shape index (κ3) is 19.3. The molecule has 25 nitrogen and oxygen atoms in total. The molecule has 1 fully saturated rings. The minimum atomic E-state index is -1.77. The van der Waals surface area contributed by atoms with Crippen LogP contribution in [0.1, 0.15) is 56.1 Å². The van der Waals surface area contributed by atoms with Gasteiger partial charge < -0.3 is 75.7 Å². The fourth-order valence-corrected chi connectivity index (χ4v) is 7.36. The number of nitrogens with two attached hydrogens (primary N) is 5. The first-order valence-electron chi connectivity index (χ1n) is 21.8. The summed E-state index contributed by atoms with van der Waals surface area (Å²) in [5.41, 5.74) is 29.0. The first-order chi connectivity index (χ1) is 32.7. The maximum atomic E-state index is 14.0. The van der Waals surface area contributed by atoms with Gasteiger partial charge in [0.15, 0.2) is 5.96 Å². The Kier molecular flexibility index (Phi) is 22.7. The van der Waals surface area contributed by atoms with E-state index in [1.165, 1.54) is 12.1 Å². The summed E-state index contributed by atoms with van der Waals surface area (Å²) in [5, 5.41) is 33.3. The number of primary amides is 2. The molecule has 2 aromatic rings. The third-order valence-electron chi connectivity index (χ3n) is 10.6. The smallest absolute Gasteiger partial charge is 0.322 e. The number of carbonyl (C=O) groups is 10. The molecule has 1 saturated heterocycles. The van der Waals surface area contributed by atoms with Crippen LogP contribution in [0, 0.1) is 0 Å². The summed E-state index contributed by atoms with van der Waals surface area (Å²) < 4.78 is 0. The van der Waals surface area contributed by atoms with Crippen molar-refractivity contribution < 1.29 is 58.2 Å². The van der Waals surface area contributed by atoms with Gasteiger partial charge in [-0.25, -0.2) is 0 Å². The van der Waals surface area contributed by atoms with E-state index in [1.54, 1.807) is 42.5 Å². The molecule has 0 radical (unpaired) electrons. The van der Waals surface area contributed by atoms with Gasteiger partial charge in [-0.3, -0.25) is 52.9 Å². The van der Waals surface area contributed by atoms with Crippen molar-refractivity contribution in [3.05, 3.63) is 65.7 Å². The molecule has 376 valence electrons. The van der Waals surface area contributed by atoms with Crippen LogP contribution in [0.4, 0.5) is 0 Å². The number of benzene rings is 2. The highest BCUT2D eigenvalue weighted by atomic mass is 32.1. The fourth-order valence-electron chi connectivity index (χ4n) is 7.11. The molecule has 69 heavy (non-hydrogen) atoms. The molecular weight excluding hydrogens is 923 g/mol. The maximum Gasteiger partial charge on any atom is 0.322 e. The number of carboxylic acid groups (broad SMARTS) is 1. The van der Waals surface area contributed by atoms with Gasteiger partial charge in [-0.2, -0.15) is 12.6 Å². The zero-order chi connectivity index (χ0) is 51.2. The predicted molar refractivity (Wildman–Crippen MR) is 251 cm³/mol. The number of thiol groups is 1. The number of rotatable bonds is 28. The Morgan fingerprint density at radius 1 is 0.696 bits per heavy atom. The number of likely N-dealkylation sites (tertiary alicyclic amines) is 1. The third-order valence-corrected chi connectivity index (χ3v) is 11.0. The number of hydrogen-bond acceptors (Lipinski definition) is 14. The highest BCUT2D eigenvalue weighted by Gasteiger charge is 2.40. The van der Waals surface area contributed by atoms with Gasteiger partial charge in [0, 0.05) is 31.7 Å². The Hall–Kier alpha value is -7.48.